The van der Waals surface area contributed by atoms with Gasteiger partial charge in [-0.05, 0) is 30.3 Å². The summed E-state index contributed by atoms with van der Waals surface area (Å²) in [6.45, 7) is 0. The fourth-order valence-electron chi connectivity index (χ4n) is 1.55. The topological polar surface area (TPSA) is 80.4 Å². The number of halogens is 2. The summed E-state index contributed by atoms with van der Waals surface area (Å²) >= 11 is 0.785. The largest absolute Gasteiger partial charge is 0.478 e. The summed E-state index contributed by atoms with van der Waals surface area (Å²) in [7, 11) is 0. The number of benzene rings is 2. The minimum Gasteiger partial charge on any atom is -0.478 e. The zero-order chi connectivity index (χ0) is 15.6. The summed E-state index contributed by atoms with van der Waals surface area (Å²) in [5.41, 5.74) is -0.444. The van der Waals surface area contributed by atoms with Gasteiger partial charge in [0.25, 0.3) is 5.69 Å². The van der Waals surface area contributed by atoms with Gasteiger partial charge in [-0.2, -0.15) is 0 Å². The monoisotopic (exact) mass is 311 g/mol. The van der Waals surface area contributed by atoms with Gasteiger partial charge < -0.3 is 5.11 Å². The third kappa shape index (κ3) is 3.34. The third-order valence-electron chi connectivity index (χ3n) is 2.52. The second-order valence-electron chi connectivity index (χ2n) is 3.92. The number of nitro groups is 1. The Hall–Kier alpha value is -2.48. The summed E-state index contributed by atoms with van der Waals surface area (Å²) < 4.78 is 26.0. The maximum atomic E-state index is 13.1. The molecule has 0 aliphatic rings. The standard InChI is InChI=1S/C13H7F2NO4S/c14-9-3-2-8(6-10(9)15)21-12-5-7(13(17)18)1-4-11(12)16(19)20/h1-6H,(H,17,18). The van der Waals surface area contributed by atoms with Crippen molar-refractivity contribution in [2.24, 2.45) is 0 Å². The Morgan fingerprint density at radius 3 is 2.43 bits per heavy atom. The fraction of sp³-hybridized carbons (Fsp3) is 0. The molecule has 0 saturated heterocycles. The molecule has 1 N–H and O–H groups in total. The maximum absolute atomic E-state index is 13.1. The van der Waals surface area contributed by atoms with Gasteiger partial charge in [0.15, 0.2) is 11.6 Å². The molecule has 0 saturated carbocycles. The lowest BCUT2D eigenvalue weighted by Crippen LogP contribution is -1.98. The second kappa shape index (κ2) is 5.88. The van der Waals surface area contributed by atoms with E-state index in [0.717, 1.165) is 42.1 Å². The summed E-state index contributed by atoms with van der Waals surface area (Å²) in [5, 5.41) is 19.8. The van der Waals surface area contributed by atoms with Crippen LogP contribution in [0.5, 0.6) is 0 Å². The van der Waals surface area contributed by atoms with Gasteiger partial charge >= 0.3 is 5.97 Å². The van der Waals surface area contributed by atoms with E-state index in [-0.39, 0.29) is 21.0 Å². The molecule has 2 rings (SSSR count). The lowest BCUT2D eigenvalue weighted by molar-refractivity contribution is -0.387. The van der Waals surface area contributed by atoms with Crippen LogP contribution in [0.4, 0.5) is 14.5 Å². The molecule has 8 heteroatoms. The predicted molar refractivity (Wildman–Crippen MR) is 70.5 cm³/mol. The number of carbonyl (C=O) groups is 1. The van der Waals surface area contributed by atoms with Crippen molar-refractivity contribution in [2.75, 3.05) is 0 Å². The molecule has 0 atom stereocenters. The zero-order valence-electron chi connectivity index (χ0n) is 10.2. The molecule has 0 radical (unpaired) electrons. The van der Waals surface area contributed by atoms with Crippen molar-refractivity contribution in [1.29, 1.82) is 0 Å². The van der Waals surface area contributed by atoms with Crippen molar-refractivity contribution in [3.63, 3.8) is 0 Å². The van der Waals surface area contributed by atoms with Crippen LogP contribution in [0.2, 0.25) is 0 Å². The molecule has 0 unspecified atom stereocenters. The summed E-state index contributed by atoms with van der Waals surface area (Å²) in [5.74, 6) is -3.36. The second-order valence-corrected chi connectivity index (χ2v) is 5.04. The molecule has 21 heavy (non-hydrogen) atoms. The van der Waals surface area contributed by atoms with Gasteiger partial charge in [-0.1, -0.05) is 11.8 Å². The SMILES string of the molecule is O=C(O)c1ccc([N+](=O)[O-])c(Sc2ccc(F)c(F)c2)c1. The number of rotatable bonds is 4. The predicted octanol–water partition coefficient (Wildman–Crippen LogP) is 3.72. The first-order valence-electron chi connectivity index (χ1n) is 5.53. The molecule has 0 aliphatic heterocycles. The number of nitro benzene ring substituents is 1. The Labute approximate surface area is 121 Å². The van der Waals surface area contributed by atoms with Crippen LogP contribution in [-0.2, 0) is 0 Å². The molecule has 2 aromatic carbocycles. The van der Waals surface area contributed by atoms with Crippen molar-refractivity contribution in [1.82, 2.24) is 0 Å². The van der Waals surface area contributed by atoms with Crippen LogP contribution in [0.1, 0.15) is 10.4 Å². The number of carboxylic acid groups (broad SMARTS) is 1. The fourth-order valence-corrected chi connectivity index (χ4v) is 2.53. The summed E-state index contributed by atoms with van der Waals surface area (Å²) in [6, 6.07) is 6.32. The number of aromatic carboxylic acids is 1. The van der Waals surface area contributed by atoms with Crippen molar-refractivity contribution in [3.8, 4) is 0 Å². The number of hydrogen-bond donors (Lipinski definition) is 1. The summed E-state index contributed by atoms with van der Waals surface area (Å²) in [6.07, 6.45) is 0. The van der Waals surface area contributed by atoms with E-state index >= 15 is 0 Å². The van der Waals surface area contributed by atoms with E-state index in [0.29, 0.717) is 0 Å². The number of nitrogens with zero attached hydrogens (tertiary/aromatic N) is 1. The molecule has 0 bridgehead atoms. The molecule has 0 amide bonds. The van der Waals surface area contributed by atoms with Crippen molar-refractivity contribution >= 4 is 23.4 Å². The molecule has 0 aromatic heterocycles. The van der Waals surface area contributed by atoms with Crippen LogP contribution in [0.15, 0.2) is 46.2 Å². The van der Waals surface area contributed by atoms with Crippen LogP contribution in [0.3, 0.4) is 0 Å². The molecule has 2 aromatic rings. The van der Waals surface area contributed by atoms with E-state index in [1.807, 2.05) is 0 Å². The van der Waals surface area contributed by atoms with Crippen LogP contribution >= 0.6 is 11.8 Å². The van der Waals surface area contributed by atoms with Crippen molar-refractivity contribution in [3.05, 3.63) is 63.7 Å². The van der Waals surface area contributed by atoms with Crippen LogP contribution in [0.25, 0.3) is 0 Å². The lowest BCUT2D eigenvalue weighted by Gasteiger charge is -2.05. The van der Waals surface area contributed by atoms with Gasteiger partial charge in [-0.15, -0.1) is 0 Å². The van der Waals surface area contributed by atoms with E-state index in [1.165, 1.54) is 6.07 Å². The first kappa shape index (κ1) is 14.9. The van der Waals surface area contributed by atoms with E-state index in [1.54, 1.807) is 0 Å². The number of hydrogen-bond acceptors (Lipinski definition) is 4. The van der Waals surface area contributed by atoms with Gasteiger partial charge in [0, 0.05) is 11.0 Å². The van der Waals surface area contributed by atoms with E-state index in [9.17, 15) is 23.7 Å². The van der Waals surface area contributed by atoms with Crippen molar-refractivity contribution < 1.29 is 23.6 Å². The molecule has 0 fully saturated rings. The first-order chi connectivity index (χ1) is 9.88. The Morgan fingerprint density at radius 1 is 1.14 bits per heavy atom. The highest BCUT2D eigenvalue weighted by Gasteiger charge is 2.18. The van der Waals surface area contributed by atoms with E-state index < -0.39 is 22.5 Å². The number of carboxylic acids is 1. The lowest BCUT2D eigenvalue weighted by atomic mass is 10.2. The van der Waals surface area contributed by atoms with Crippen LogP contribution in [-0.4, -0.2) is 16.0 Å². The highest BCUT2D eigenvalue weighted by atomic mass is 32.2. The Kier molecular flexibility index (Phi) is 4.18. The molecule has 0 spiro atoms. The molecule has 0 heterocycles. The molecular weight excluding hydrogens is 304 g/mol. The Morgan fingerprint density at radius 2 is 1.86 bits per heavy atom. The van der Waals surface area contributed by atoms with Gasteiger partial charge in [0.2, 0.25) is 0 Å². The van der Waals surface area contributed by atoms with Gasteiger partial charge in [-0.3, -0.25) is 10.1 Å². The van der Waals surface area contributed by atoms with Gasteiger partial charge in [0.1, 0.15) is 0 Å². The van der Waals surface area contributed by atoms with Gasteiger partial charge in [0.05, 0.1) is 15.4 Å². The molecular formula is C13H7F2NO4S. The highest BCUT2D eigenvalue weighted by molar-refractivity contribution is 7.99. The minimum atomic E-state index is -1.24. The summed E-state index contributed by atoms with van der Waals surface area (Å²) in [4.78, 5) is 21.4. The quantitative estimate of drug-likeness (QED) is 0.687. The minimum absolute atomic E-state index is 0.0332. The smallest absolute Gasteiger partial charge is 0.335 e. The average Bonchev–Trinajstić information content (AvgIpc) is 2.42. The van der Waals surface area contributed by atoms with Crippen LogP contribution < -0.4 is 0 Å². The first-order valence-corrected chi connectivity index (χ1v) is 6.35. The molecule has 0 aliphatic carbocycles. The molecule has 5 nitrogen and oxygen atoms in total. The zero-order valence-corrected chi connectivity index (χ0v) is 11.1. The van der Waals surface area contributed by atoms with Crippen molar-refractivity contribution in [2.45, 2.75) is 9.79 Å². The average molecular weight is 311 g/mol. The third-order valence-corrected chi connectivity index (χ3v) is 3.56. The normalized spacial score (nSPS) is 10.4. The molecule has 108 valence electrons. The highest BCUT2D eigenvalue weighted by Crippen LogP contribution is 2.35. The Balaban J connectivity index is 2.45. The Bertz CT molecular complexity index is 736. The maximum Gasteiger partial charge on any atom is 0.335 e. The van der Waals surface area contributed by atoms with Gasteiger partial charge in [-0.25, -0.2) is 13.6 Å². The van der Waals surface area contributed by atoms with Crippen LogP contribution in [0, 0.1) is 21.7 Å². The van der Waals surface area contributed by atoms with E-state index in [2.05, 4.69) is 0 Å². The van der Waals surface area contributed by atoms with E-state index in [4.69, 9.17) is 5.11 Å².